The predicted molar refractivity (Wildman–Crippen MR) is 107 cm³/mol. The SMILES string of the molecule is COc1ccc2c3c([nH]c2c1)C(C=C(C)C)N1C(=O)C2CCCN2C(=O)C1(O)C3. The summed E-state index contributed by atoms with van der Waals surface area (Å²) in [4.78, 5) is 33.2. The van der Waals surface area contributed by atoms with Crippen molar-refractivity contribution in [3.05, 3.63) is 41.1 Å². The summed E-state index contributed by atoms with van der Waals surface area (Å²) in [6, 6.07) is 4.72. The van der Waals surface area contributed by atoms with Crippen molar-refractivity contribution in [1.82, 2.24) is 14.8 Å². The third-order valence-corrected chi connectivity index (χ3v) is 6.41. The van der Waals surface area contributed by atoms with E-state index in [9.17, 15) is 14.7 Å². The Kier molecular flexibility index (Phi) is 3.84. The van der Waals surface area contributed by atoms with E-state index in [0.29, 0.717) is 13.0 Å². The van der Waals surface area contributed by atoms with Crippen LogP contribution in [0, 0.1) is 0 Å². The monoisotopic (exact) mass is 395 g/mol. The molecular weight excluding hydrogens is 370 g/mol. The first-order valence-electron chi connectivity index (χ1n) is 10.1. The number of fused-ring (bicyclic) bond motifs is 5. The lowest BCUT2D eigenvalue weighted by atomic mass is 9.84. The van der Waals surface area contributed by atoms with Crippen LogP contribution in [0.3, 0.4) is 0 Å². The second-order valence-electron chi connectivity index (χ2n) is 8.48. The number of allylic oxidation sites excluding steroid dienone is 1. The number of H-pyrrole nitrogens is 1. The number of aromatic nitrogens is 1. The second kappa shape index (κ2) is 6.10. The molecule has 2 fully saturated rings. The van der Waals surface area contributed by atoms with E-state index in [1.165, 1.54) is 4.90 Å². The fraction of sp³-hybridized carbons (Fsp3) is 0.455. The Bertz CT molecular complexity index is 1070. The van der Waals surface area contributed by atoms with Crippen molar-refractivity contribution in [2.45, 2.75) is 50.9 Å². The minimum atomic E-state index is -1.86. The number of carbonyl (C=O) groups excluding carboxylic acids is 2. The number of nitrogens with zero attached hydrogens (tertiary/aromatic N) is 2. The van der Waals surface area contributed by atoms with Gasteiger partial charge in [0.15, 0.2) is 0 Å². The van der Waals surface area contributed by atoms with Crippen LogP contribution in [0.1, 0.15) is 44.0 Å². The van der Waals surface area contributed by atoms with Crippen LogP contribution >= 0.6 is 0 Å². The fourth-order valence-electron chi connectivity index (χ4n) is 5.14. The largest absolute Gasteiger partial charge is 0.497 e. The summed E-state index contributed by atoms with van der Waals surface area (Å²) in [6.07, 6.45) is 3.46. The van der Waals surface area contributed by atoms with Crippen LogP contribution in [0.5, 0.6) is 5.75 Å². The van der Waals surface area contributed by atoms with E-state index in [1.807, 2.05) is 38.1 Å². The first-order chi connectivity index (χ1) is 13.8. The van der Waals surface area contributed by atoms with E-state index in [0.717, 1.165) is 39.9 Å². The number of piperazine rings is 1. The smallest absolute Gasteiger partial charge is 0.277 e. The summed E-state index contributed by atoms with van der Waals surface area (Å²) < 4.78 is 5.34. The highest BCUT2D eigenvalue weighted by molar-refractivity contribution is 6.01. The Balaban J connectivity index is 1.75. The van der Waals surface area contributed by atoms with Gasteiger partial charge in [-0.05, 0) is 44.4 Å². The number of methoxy groups -OCH3 is 1. The summed E-state index contributed by atoms with van der Waals surface area (Å²) in [5.41, 5.74) is 1.74. The Morgan fingerprint density at radius 3 is 2.86 bits per heavy atom. The molecule has 0 spiro atoms. The maximum atomic E-state index is 13.4. The lowest BCUT2D eigenvalue weighted by Gasteiger charge is -2.52. The van der Waals surface area contributed by atoms with Gasteiger partial charge in [-0.25, -0.2) is 0 Å². The van der Waals surface area contributed by atoms with Gasteiger partial charge in [-0.1, -0.05) is 11.6 Å². The van der Waals surface area contributed by atoms with Gasteiger partial charge in [-0.15, -0.1) is 0 Å². The van der Waals surface area contributed by atoms with Gasteiger partial charge in [0.1, 0.15) is 11.8 Å². The van der Waals surface area contributed by atoms with Gasteiger partial charge in [0.05, 0.1) is 13.2 Å². The number of carbonyl (C=O) groups is 2. The molecule has 5 rings (SSSR count). The summed E-state index contributed by atoms with van der Waals surface area (Å²) in [5.74, 6) is 0.188. The molecule has 0 aliphatic carbocycles. The van der Waals surface area contributed by atoms with Crippen molar-refractivity contribution in [3.63, 3.8) is 0 Å². The molecule has 3 atom stereocenters. The molecule has 0 bridgehead atoms. The van der Waals surface area contributed by atoms with Crippen LogP contribution in [0.15, 0.2) is 29.8 Å². The van der Waals surface area contributed by atoms with Crippen LogP contribution in [-0.4, -0.2) is 57.1 Å². The number of hydrogen-bond donors (Lipinski definition) is 2. The molecule has 0 radical (unpaired) electrons. The zero-order valence-corrected chi connectivity index (χ0v) is 16.9. The lowest BCUT2D eigenvalue weighted by Crippen LogP contribution is -2.72. The van der Waals surface area contributed by atoms with Gasteiger partial charge in [0.2, 0.25) is 11.6 Å². The van der Waals surface area contributed by atoms with E-state index in [4.69, 9.17) is 4.74 Å². The van der Waals surface area contributed by atoms with Gasteiger partial charge in [-0.3, -0.25) is 14.5 Å². The van der Waals surface area contributed by atoms with E-state index in [1.54, 1.807) is 12.0 Å². The molecule has 2 amide bonds. The van der Waals surface area contributed by atoms with Crippen molar-refractivity contribution in [2.24, 2.45) is 0 Å². The Hall–Kier alpha value is -2.80. The molecule has 3 aliphatic rings. The van der Waals surface area contributed by atoms with Crippen LogP contribution < -0.4 is 4.74 Å². The van der Waals surface area contributed by atoms with Gasteiger partial charge in [0, 0.05) is 35.6 Å². The predicted octanol–water partition coefficient (Wildman–Crippen LogP) is 2.26. The molecular formula is C22H25N3O4. The summed E-state index contributed by atoms with van der Waals surface area (Å²) in [6.45, 7) is 4.44. The molecule has 7 nitrogen and oxygen atoms in total. The summed E-state index contributed by atoms with van der Waals surface area (Å²) in [5, 5.41) is 12.6. The zero-order valence-electron chi connectivity index (χ0n) is 16.9. The zero-order chi connectivity index (χ0) is 20.5. The topological polar surface area (TPSA) is 85.9 Å². The third kappa shape index (κ3) is 2.40. The molecule has 2 saturated heterocycles. The minimum absolute atomic E-state index is 0.0789. The number of aromatic amines is 1. The molecule has 1 aromatic carbocycles. The Morgan fingerprint density at radius 1 is 1.34 bits per heavy atom. The minimum Gasteiger partial charge on any atom is -0.497 e. The highest BCUT2D eigenvalue weighted by atomic mass is 16.5. The maximum absolute atomic E-state index is 13.4. The van der Waals surface area contributed by atoms with Gasteiger partial charge < -0.3 is 19.7 Å². The van der Waals surface area contributed by atoms with Crippen molar-refractivity contribution in [3.8, 4) is 5.75 Å². The molecule has 4 heterocycles. The second-order valence-corrected chi connectivity index (χ2v) is 8.48. The van der Waals surface area contributed by atoms with Crippen LogP contribution in [-0.2, 0) is 16.0 Å². The molecule has 3 unspecified atom stereocenters. The third-order valence-electron chi connectivity index (χ3n) is 6.41. The average molecular weight is 395 g/mol. The first-order valence-corrected chi connectivity index (χ1v) is 10.1. The van der Waals surface area contributed by atoms with Crippen LogP contribution in [0.2, 0.25) is 0 Å². The highest BCUT2D eigenvalue weighted by Crippen LogP contribution is 2.46. The molecule has 1 aromatic heterocycles. The first kappa shape index (κ1) is 18.2. The van der Waals surface area contributed by atoms with Gasteiger partial charge in [0.25, 0.3) is 5.91 Å². The lowest BCUT2D eigenvalue weighted by molar-refractivity contribution is -0.203. The molecule has 0 saturated carbocycles. The Morgan fingerprint density at radius 2 is 2.14 bits per heavy atom. The van der Waals surface area contributed by atoms with Gasteiger partial charge in [-0.2, -0.15) is 0 Å². The molecule has 2 N–H and O–H groups in total. The van der Waals surface area contributed by atoms with E-state index in [-0.39, 0.29) is 18.2 Å². The molecule has 152 valence electrons. The van der Waals surface area contributed by atoms with Crippen molar-refractivity contribution in [1.29, 1.82) is 0 Å². The number of aliphatic hydroxyl groups is 1. The number of ether oxygens (including phenoxy) is 1. The van der Waals surface area contributed by atoms with Crippen LogP contribution in [0.4, 0.5) is 0 Å². The molecule has 7 heteroatoms. The van der Waals surface area contributed by atoms with E-state index in [2.05, 4.69) is 4.98 Å². The van der Waals surface area contributed by atoms with Gasteiger partial charge >= 0.3 is 0 Å². The standard InChI is InChI=1S/C22H25N3O4/c1-12(2)9-18-19-15(14-7-6-13(29-3)10-16(14)23-19)11-22(28)21(27)24-8-4-5-17(24)20(26)25(18)22/h6-7,9-10,17-18,23,28H,4-5,8,11H2,1-3H3. The number of rotatable bonds is 2. The van der Waals surface area contributed by atoms with E-state index >= 15 is 0 Å². The number of amides is 2. The number of nitrogens with one attached hydrogen (secondary N) is 1. The fourth-order valence-corrected chi connectivity index (χ4v) is 5.14. The molecule has 29 heavy (non-hydrogen) atoms. The average Bonchev–Trinajstić information content (AvgIpc) is 3.30. The number of hydrogen-bond acceptors (Lipinski definition) is 4. The molecule has 2 aromatic rings. The van der Waals surface area contributed by atoms with Crippen molar-refractivity contribution in [2.75, 3.05) is 13.7 Å². The maximum Gasteiger partial charge on any atom is 0.277 e. The van der Waals surface area contributed by atoms with E-state index < -0.39 is 17.8 Å². The van der Waals surface area contributed by atoms with Crippen LogP contribution in [0.25, 0.3) is 10.9 Å². The summed E-state index contributed by atoms with van der Waals surface area (Å²) in [7, 11) is 1.61. The quantitative estimate of drug-likeness (QED) is 0.764. The number of benzene rings is 1. The molecule has 3 aliphatic heterocycles. The highest BCUT2D eigenvalue weighted by Gasteiger charge is 2.61. The normalized spacial score (nSPS) is 28.3. The van der Waals surface area contributed by atoms with Crippen molar-refractivity contribution >= 4 is 22.7 Å². The Labute approximate surface area is 168 Å². The van der Waals surface area contributed by atoms with Crippen molar-refractivity contribution < 1.29 is 19.4 Å². The summed E-state index contributed by atoms with van der Waals surface area (Å²) >= 11 is 0.